The molecule has 0 saturated carbocycles. The second kappa shape index (κ2) is 7.57. The summed E-state index contributed by atoms with van der Waals surface area (Å²) in [5, 5.41) is 5.97. The molecule has 3 nitrogen and oxygen atoms in total. The lowest BCUT2D eigenvalue weighted by molar-refractivity contribution is 0.0806. The predicted molar refractivity (Wildman–Crippen MR) is 93.2 cm³/mol. The summed E-state index contributed by atoms with van der Waals surface area (Å²) in [5.41, 5.74) is 0. The lowest BCUT2D eigenvalue weighted by Gasteiger charge is -2.28. The van der Waals surface area contributed by atoms with E-state index in [-0.39, 0.29) is 0 Å². The van der Waals surface area contributed by atoms with Crippen LogP contribution in [-0.4, -0.2) is 32.5 Å². The number of ether oxygens (including phenoxy) is 1. The molecule has 0 saturated heterocycles. The van der Waals surface area contributed by atoms with E-state index in [4.69, 9.17) is 4.74 Å². The minimum absolute atomic E-state index is 0.627. The molecule has 0 atom stereocenters. The lowest BCUT2D eigenvalue weighted by atomic mass is 10.7. The number of hydrogen-bond donors (Lipinski definition) is 0. The van der Waals surface area contributed by atoms with Gasteiger partial charge in [-0.1, -0.05) is 58.5 Å². The van der Waals surface area contributed by atoms with Crippen LogP contribution in [0.3, 0.4) is 0 Å². The van der Waals surface area contributed by atoms with Crippen molar-refractivity contribution in [3.8, 4) is 0 Å². The van der Waals surface area contributed by atoms with Gasteiger partial charge in [0.15, 0.2) is 0 Å². The topological polar surface area (TPSA) is 27.1 Å². The highest BCUT2D eigenvalue weighted by molar-refractivity contribution is 6.91. The summed E-state index contributed by atoms with van der Waals surface area (Å²) in [7, 11) is -2.35. The number of hydrogen-bond acceptors (Lipinski definition) is 2. The molecule has 0 N–H and O–H groups in total. The Bertz CT molecular complexity index is 387. The molecular weight excluding hydrogens is 280 g/mol. The van der Waals surface area contributed by atoms with Gasteiger partial charge in [0.05, 0.1) is 0 Å². The van der Waals surface area contributed by atoms with Gasteiger partial charge in [0, 0.05) is 26.2 Å². The van der Waals surface area contributed by atoms with Crippen LogP contribution in [0.2, 0.25) is 43.8 Å². The van der Waals surface area contributed by atoms with Gasteiger partial charge in [-0.3, -0.25) is 0 Å². The quantitative estimate of drug-likeness (QED) is 0.510. The molecule has 0 radical (unpaired) electrons. The number of rotatable bonds is 9. The van der Waals surface area contributed by atoms with E-state index in [1.165, 1.54) is 29.5 Å². The van der Waals surface area contributed by atoms with Crippen molar-refractivity contribution < 1.29 is 4.74 Å². The van der Waals surface area contributed by atoms with Gasteiger partial charge in [0.1, 0.15) is 14.8 Å². The third-order valence-electron chi connectivity index (χ3n) is 4.50. The molecule has 1 aromatic rings. The summed E-state index contributed by atoms with van der Waals surface area (Å²) in [6.45, 7) is 15.7. The molecule has 0 aliphatic carbocycles. The molecule has 0 aromatic carbocycles. The van der Waals surface area contributed by atoms with Gasteiger partial charge in [-0.2, -0.15) is 5.10 Å². The van der Waals surface area contributed by atoms with Crippen molar-refractivity contribution in [1.82, 2.24) is 9.78 Å². The van der Waals surface area contributed by atoms with E-state index in [0.717, 1.165) is 6.61 Å². The van der Waals surface area contributed by atoms with Crippen LogP contribution < -0.4 is 5.32 Å². The third-order valence-corrected chi connectivity index (χ3v) is 11.8. The Hall–Kier alpha value is -0.396. The minimum Gasteiger partial charge on any atom is -0.360 e. The van der Waals surface area contributed by atoms with Crippen molar-refractivity contribution in [2.45, 2.75) is 71.3 Å². The summed E-state index contributed by atoms with van der Waals surface area (Å²) in [5.74, 6) is 0. The van der Waals surface area contributed by atoms with Crippen LogP contribution in [0.15, 0.2) is 12.3 Å². The van der Waals surface area contributed by atoms with Crippen LogP contribution in [0.5, 0.6) is 0 Å². The molecule has 116 valence electrons. The fourth-order valence-electron chi connectivity index (χ4n) is 2.71. The molecule has 20 heavy (non-hydrogen) atoms. The van der Waals surface area contributed by atoms with Crippen LogP contribution in [0.4, 0.5) is 0 Å². The Morgan fingerprint density at radius 2 is 1.70 bits per heavy atom. The first-order valence-corrected chi connectivity index (χ1v) is 14.3. The number of aromatic nitrogens is 2. The Morgan fingerprint density at radius 3 is 2.20 bits per heavy atom. The van der Waals surface area contributed by atoms with Crippen molar-refractivity contribution in [2.24, 2.45) is 0 Å². The van der Waals surface area contributed by atoms with Gasteiger partial charge in [0.2, 0.25) is 0 Å². The smallest absolute Gasteiger partial charge is 0.139 e. The monoisotopic (exact) mass is 312 g/mol. The van der Waals surface area contributed by atoms with Crippen LogP contribution >= 0.6 is 0 Å². The summed E-state index contributed by atoms with van der Waals surface area (Å²) in [4.78, 5) is 0. The summed E-state index contributed by atoms with van der Waals surface area (Å²) in [6.07, 6.45) is 1.94. The maximum Gasteiger partial charge on any atom is 0.139 e. The van der Waals surface area contributed by atoms with E-state index in [9.17, 15) is 0 Å². The van der Waals surface area contributed by atoms with Crippen molar-refractivity contribution in [3.63, 3.8) is 0 Å². The standard InChI is InChI=1S/C15H32N2OSi2/c1-7-20(8-2,9-3)15-10-11-16-17(15)14-18-12-13-19(4,5)6/h10-11H,7-9,12-14H2,1-6H3. The zero-order valence-corrected chi connectivity index (χ0v) is 16.2. The second-order valence-electron chi connectivity index (χ2n) is 6.90. The highest BCUT2D eigenvalue weighted by Crippen LogP contribution is 2.20. The van der Waals surface area contributed by atoms with E-state index >= 15 is 0 Å². The maximum absolute atomic E-state index is 5.88. The van der Waals surface area contributed by atoms with Crippen molar-refractivity contribution in [3.05, 3.63) is 12.3 Å². The van der Waals surface area contributed by atoms with Gasteiger partial charge in [-0.15, -0.1) is 0 Å². The van der Waals surface area contributed by atoms with Crippen LogP contribution in [-0.2, 0) is 11.5 Å². The predicted octanol–water partition coefficient (Wildman–Crippen LogP) is 3.91. The maximum atomic E-state index is 5.88. The molecule has 0 aliphatic rings. The van der Waals surface area contributed by atoms with E-state index in [2.05, 4.69) is 56.3 Å². The average Bonchev–Trinajstić information content (AvgIpc) is 2.86. The molecule has 5 heteroatoms. The first kappa shape index (κ1) is 17.7. The Labute approximate surface area is 126 Å². The van der Waals surface area contributed by atoms with E-state index in [0.29, 0.717) is 6.73 Å². The molecule has 0 unspecified atom stereocenters. The van der Waals surface area contributed by atoms with E-state index in [1.54, 1.807) is 0 Å². The van der Waals surface area contributed by atoms with Crippen molar-refractivity contribution in [2.75, 3.05) is 6.61 Å². The molecule has 0 amide bonds. The lowest BCUT2D eigenvalue weighted by Crippen LogP contribution is -2.50. The van der Waals surface area contributed by atoms with Crippen LogP contribution in [0, 0.1) is 0 Å². The molecule has 0 bridgehead atoms. The Kier molecular flexibility index (Phi) is 6.68. The average molecular weight is 313 g/mol. The SMILES string of the molecule is CC[Si](CC)(CC)c1ccnn1COCC[Si](C)(C)C. The fraction of sp³-hybridized carbons (Fsp3) is 0.800. The first-order valence-electron chi connectivity index (χ1n) is 7.98. The molecule has 0 aliphatic heterocycles. The van der Waals surface area contributed by atoms with Crippen molar-refractivity contribution >= 4 is 21.5 Å². The highest BCUT2D eigenvalue weighted by atomic mass is 28.3. The molecule has 0 spiro atoms. The van der Waals surface area contributed by atoms with Crippen LogP contribution in [0.25, 0.3) is 0 Å². The summed E-state index contributed by atoms with van der Waals surface area (Å²) < 4.78 is 8.00. The fourth-order valence-corrected chi connectivity index (χ4v) is 7.15. The minimum atomic E-state index is -1.35. The number of nitrogens with zero attached hydrogens (tertiary/aromatic N) is 2. The molecule has 1 rings (SSSR count). The zero-order valence-electron chi connectivity index (χ0n) is 14.2. The van der Waals surface area contributed by atoms with E-state index < -0.39 is 16.1 Å². The zero-order chi connectivity index (χ0) is 15.2. The molecule has 1 heterocycles. The van der Waals surface area contributed by atoms with E-state index in [1.807, 2.05) is 6.20 Å². The van der Waals surface area contributed by atoms with Crippen LogP contribution in [0.1, 0.15) is 20.8 Å². The highest BCUT2D eigenvalue weighted by Gasteiger charge is 2.32. The summed E-state index contributed by atoms with van der Waals surface area (Å²) in [6, 6.07) is 7.33. The van der Waals surface area contributed by atoms with Gasteiger partial charge in [-0.25, -0.2) is 4.68 Å². The molecular formula is C15H32N2OSi2. The van der Waals surface area contributed by atoms with Crippen molar-refractivity contribution in [1.29, 1.82) is 0 Å². The van der Waals surface area contributed by atoms with Gasteiger partial charge >= 0.3 is 0 Å². The van der Waals surface area contributed by atoms with Gasteiger partial charge < -0.3 is 4.74 Å². The molecule has 0 fully saturated rings. The first-order chi connectivity index (χ1) is 9.38. The molecule has 1 aromatic heterocycles. The normalized spacial score (nSPS) is 12.9. The second-order valence-corrected chi connectivity index (χ2v) is 17.7. The Morgan fingerprint density at radius 1 is 1.10 bits per heavy atom. The Balaban J connectivity index is 2.67. The summed E-state index contributed by atoms with van der Waals surface area (Å²) >= 11 is 0. The van der Waals surface area contributed by atoms with Gasteiger partial charge in [-0.05, 0) is 12.1 Å². The van der Waals surface area contributed by atoms with Gasteiger partial charge in [0.25, 0.3) is 0 Å². The largest absolute Gasteiger partial charge is 0.360 e. The third kappa shape index (κ3) is 4.57.